The molecule has 0 saturated heterocycles. The van der Waals surface area contributed by atoms with Gasteiger partial charge in [0.05, 0.1) is 11.0 Å². The zero-order valence-electron chi connectivity index (χ0n) is 34.4. The Bertz CT molecular complexity index is 3930. The lowest BCUT2D eigenvalue weighted by Crippen LogP contribution is -2.48. The number of furan rings is 1. The van der Waals surface area contributed by atoms with Gasteiger partial charge in [0, 0.05) is 55.4 Å². The van der Waals surface area contributed by atoms with Gasteiger partial charge in [-0.1, -0.05) is 130 Å². The number of nitrogens with zero attached hydrogens (tertiary/aromatic N) is 2. The maximum atomic E-state index is 7.41. The number of rotatable bonds is 5. The summed E-state index contributed by atoms with van der Waals surface area (Å²) >= 11 is 0. The van der Waals surface area contributed by atoms with Crippen LogP contribution in [0.4, 0.5) is 0 Å². The summed E-state index contributed by atoms with van der Waals surface area (Å²) in [5.74, 6) is 0. The van der Waals surface area contributed by atoms with Crippen LogP contribution in [0.5, 0.6) is 0 Å². The van der Waals surface area contributed by atoms with Crippen LogP contribution < -0.4 is 38.2 Å². The van der Waals surface area contributed by atoms with Gasteiger partial charge in [0.1, 0.15) is 66.1 Å². The second-order valence-electron chi connectivity index (χ2n) is 16.4. The molecule has 0 bridgehead atoms. The average molecular weight is 796 g/mol. The van der Waals surface area contributed by atoms with Crippen molar-refractivity contribution >= 4 is 159 Å². The zero-order chi connectivity index (χ0) is 43.5. The van der Waals surface area contributed by atoms with Crippen molar-refractivity contribution in [2.45, 2.75) is 0 Å². The standard InChI is InChI=1S/C54H27B7N2O/c55-46-43(47(56)51(60)53-44(46)45-48(57)49(58)50(59)52(61)54(45)63(53)34-20-21-36-35-16-7-8-17-41(35)64-42(36)27-34)32-19-23-40-38(26-32)37-25-31(29-12-5-2-6-13-29)18-22-39(37)62(40)33-15-9-14-30(24-33)28-10-3-1-4-11-28/h1-27H. The van der Waals surface area contributed by atoms with Gasteiger partial charge in [-0.25, -0.2) is 0 Å². The van der Waals surface area contributed by atoms with Gasteiger partial charge in [0.25, 0.3) is 0 Å². The van der Waals surface area contributed by atoms with Crippen molar-refractivity contribution < 1.29 is 4.42 Å². The summed E-state index contributed by atoms with van der Waals surface area (Å²) in [7, 11) is 48.8. The number of aromatic nitrogens is 2. The molecule has 0 fully saturated rings. The molecular formula is C54H27B7N2O. The fraction of sp³-hybridized carbons (Fsp3) is 0. The third-order valence-electron chi connectivity index (χ3n) is 12.9. The quantitative estimate of drug-likeness (QED) is 0.187. The van der Waals surface area contributed by atoms with Crippen LogP contribution in [0, 0.1) is 0 Å². The van der Waals surface area contributed by atoms with E-state index in [-0.39, 0.29) is 21.9 Å². The topological polar surface area (TPSA) is 23.0 Å². The second-order valence-corrected chi connectivity index (χ2v) is 16.4. The zero-order valence-corrected chi connectivity index (χ0v) is 34.4. The lowest BCUT2D eigenvalue weighted by Gasteiger charge is -2.19. The van der Waals surface area contributed by atoms with Crippen LogP contribution in [0.15, 0.2) is 168 Å². The molecule has 0 aliphatic rings. The smallest absolute Gasteiger partial charge is 0.137 e. The van der Waals surface area contributed by atoms with E-state index in [0.717, 1.165) is 71.7 Å². The van der Waals surface area contributed by atoms with Crippen LogP contribution in [0.25, 0.3) is 110 Å². The maximum absolute atomic E-state index is 7.41. The third kappa shape index (κ3) is 5.58. The molecule has 280 valence electrons. The van der Waals surface area contributed by atoms with Gasteiger partial charge in [0.2, 0.25) is 0 Å². The highest BCUT2D eigenvalue weighted by Crippen LogP contribution is 2.39. The lowest BCUT2D eigenvalue weighted by atomic mass is 9.64. The molecule has 0 N–H and O–H groups in total. The third-order valence-corrected chi connectivity index (χ3v) is 12.9. The van der Waals surface area contributed by atoms with Crippen molar-refractivity contribution in [3.05, 3.63) is 164 Å². The molecule has 0 aliphatic heterocycles. The largest absolute Gasteiger partial charge is 0.456 e. The van der Waals surface area contributed by atoms with Gasteiger partial charge in [-0.15, -0.1) is 10.9 Å². The highest BCUT2D eigenvalue weighted by atomic mass is 16.3. The molecule has 0 saturated carbocycles. The van der Waals surface area contributed by atoms with E-state index in [4.69, 9.17) is 59.3 Å². The number of fused-ring (bicyclic) bond motifs is 9. The van der Waals surface area contributed by atoms with E-state index in [9.17, 15) is 0 Å². The minimum Gasteiger partial charge on any atom is -0.456 e. The molecule has 0 unspecified atom stereocenters. The SMILES string of the molecule is [B]c1c([B])c([B])c2c(c1[B])c1c([B])c(-c3ccc4c(c3)c3cc(-c5ccccc5)ccc3n4-c3cccc(-c4ccccc4)c3)c([B])c([B])c1n2-c1ccc2c(c1)oc1ccccc12. The Morgan fingerprint density at radius 1 is 0.312 bits per heavy atom. The van der Waals surface area contributed by atoms with Gasteiger partial charge in [-0.3, -0.25) is 0 Å². The Morgan fingerprint density at radius 3 is 1.55 bits per heavy atom. The monoisotopic (exact) mass is 796 g/mol. The van der Waals surface area contributed by atoms with Crippen molar-refractivity contribution in [3.63, 3.8) is 0 Å². The van der Waals surface area contributed by atoms with Gasteiger partial charge in [-0.2, -0.15) is 0 Å². The first-order valence-corrected chi connectivity index (χ1v) is 21.0. The van der Waals surface area contributed by atoms with Gasteiger partial charge in [-0.05, 0) is 93.4 Å². The molecule has 0 amide bonds. The Labute approximate surface area is 379 Å². The summed E-state index contributed by atoms with van der Waals surface area (Å²) in [5, 5.41) is 5.12. The van der Waals surface area contributed by atoms with Crippen LogP contribution in [-0.4, -0.2) is 64.1 Å². The second kappa shape index (κ2) is 14.4. The fourth-order valence-corrected chi connectivity index (χ4v) is 9.84. The predicted molar refractivity (Wildman–Crippen MR) is 276 cm³/mol. The summed E-state index contributed by atoms with van der Waals surface area (Å²) in [4.78, 5) is 0. The molecule has 9 aromatic carbocycles. The van der Waals surface area contributed by atoms with Crippen molar-refractivity contribution in [1.29, 1.82) is 0 Å². The van der Waals surface area contributed by atoms with Crippen LogP contribution >= 0.6 is 0 Å². The van der Waals surface area contributed by atoms with Crippen LogP contribution in [0.2, 0.25) is 0 Å². The molecule has 0 spiro atoms. The molecular weight excluding hydrogens is 768 g/mol. The maximum Gasteiger partial charge on any atom is 0.137 e. The molecule has 3 aromatic heterocycles. The summed E-state index contributed by atoms with van der Waals surface area (Å²) < 4.78 is 10.5. The number of hydrogen-bond donors (Lipinski definition) is 0. The Morgan fingerprint density at radius 2 is 0.844 bits per heavy atom. The fourth-order valence-electron chi connectivity index (χ4n) is 9.84. The molecule has 12 aromatic rings. The summed E-state index contributed by atoms with van der Waals surface area (Å²) in [5.41, 5.74) is 13.9. The molecule has 64 heavy (non-hydrogen) atoms. The molecule has 3 heterocycles. The number of para-hydroxylation sites is 1. The van der Waals surface area contributed by atoms with Crippen molar-refractivity contribution in [1.82, 2.24) is 9.13 Å². The molecule has 10 heteroatoms. The first-order valence-electron chi connectivity index (χ1n) is 21.0. The first kappa shape index (κ1) is 38.5. The molecule has 14 radical (unpaired) electrons. The minimum absolute atomic E-state index is 0.160. The summed E-state index contributed by atoms with van der Waals surface area (Å²) in [6.45, 7) is 0. The van der Waals surface area contributed by atoms with Crippen LogP contribution in [-0.2, 0) is 0 Å². The Kier molecular flexibility index (Phi) is 8.69. The van der Waals surface area contributed by atoms with E-state index in [1.165, 1.54) is 0 Å². The highest BCUT2D eigenvalue weighted by molar-refractivity contribution is 6.69. The minimum atomic E-state index is 0.160. The van der Waals surface area contributed by atoms with Gasteiger partial charge < -0.3 is 13.6 Å². The van der Waals surface area contributed by atoms with Crippen molar-refractivity contribution in [2.75, 3.05) is 0 Å². The molecule has 3 nitrogen and oxygen atoms in total. The molecule has 0 aliphatic carbocycles. The first-order chi connectivity index (χ1) is 31.2. The van der Waals surface area contributed by atoms with E-state index >= 15 is 0 Å². The highest BCUT2D eigenvalue weighted by Gasteiger charge is 2.25. The number of hydrogen-bond acceptors (Lipinski definition) is 1. The Hall–Kier alpha value is -7.17. The summed E-state index contributed by atoms with van der Waals surface area (Å²) in [6.07, 6.45) is 0. The lowest BCUT2D eigenvalue weighted by molar-refractivity contribution is 0.668. The summed E-state index contributed by atoms with van der Waals surface area (Å²) in [6, 6.07) is 56.2. The van der Waals surface area contributed by atoms with Crippen molar-refractivity contribution in [3.8, 4) is 44.8 Å². The van der Waals surface area contributed by atoms with E-state index in [0.29, 0.717) is 55.0 Å². The molecule has 0 atom stereocenters. The van der Waals surface area contributed by atoms with E-state index in [2.05, 4.69) is 108 Å². The molecule has 12 rings (SSSR count). The van der Waals surface area contributed by atoms with Gasteiger partial charge >= 0.3 is 0 Å². The van der Waals surface area contributed by atoms with E-state index < -0.39 is 0 Å². The predicted octanol–water partition coefficient (Wildman–Crippen LogP) is 6.34. The van der Waals surface area contributed by atoms with Crippen molar-refractivity contribution in [2.24, 2.45) is 0 Å². The number of benzene rings is 9. The normalized spacial score (nSPS) is 11.9. The van der Waals surface area contributed by atoms with Crippen LogP contribution in [0.3, 0.4) is 0 Å². The van der Waals surface area contributed by atoms with E-state index in [1.807, 2.05) is 65.2 Å². The van der Waals surface area contributed by atoms with E-state index in [1.54, 1.807) is 0 Å². The Balaban J connectivity index is 1.13. The van der Waals surface area contributed by atoms with Gasteiger partial charge in [0.15, 0.2) is 0 Å². The van der Waals surface area contributed by atoms with Crippen LogP contribution in [0.1, 0.15) is 0 Å². The average Bonchev–Trinajstić information content (AvgIpc) is 4.00.